The van der Waals surface area contributed by atoms with Crippen molar-refractivity contribution in [2.75, 3.05) is 10.5 Å². The smallest absolute Gasteiger partial charge is 0.0496 e. The van der Waals surface area contributed by atoms with E-state index < -0.39 is 0 Å². The van der Waals surface area contributed by atoms with Crippen molar-refractivity contribution < 1.29 is 0 Å². The minimum absolute atomic E-state index is 1.08. The molecule has 0 aliphatic carbocycles. The third-order valence-electron chi connectivity index (χ3n) is 1.99. The van der Waals surface area contributed by atoms with Gasteiger partial charge < -0.3 is 3.93 Å². The van der Waals surface area contributed by atoms with Gasteiger partial charge in [0, 0.05) is 28.4 Å². The average molecular weight is 242 g/mol. The van der Waals surface area contributed by atoms with Crippen molar-refractivity contribution in [2.45, 2.75) is 26.2 Å². The van der Waals surface area contributed by atoms with Crippen LogP contribution >= 0.6 is 16.1 Å². The maximum Gasteiger partial charge on any atom is 0.0496 e. The Hall–Kier alpha value is -0.500. The molecule has 2 heteroatoms. The number of benzene rings is 1. The van der Waals surface area contributed by atoms with Gasteiger partial charge in [-0.05, 0) is 18.6 Å². The topological polar surface area (TPSA) is 3.24 Å². The Labute approximate surface area is 89.1 Å². The number of para-hydroxylation sites is 1. The van der Waals surface area contributed by atoms with Gasteiger partial charge >= 0.3 is 0 Å². The SMILES string of the molecule is CCCCCN(Br)c1ccccc1. The lowest BCUT2D eigenvalue weighted by atomic mass is 10.2. The fourth-order valence-electron chi connectivity index (χ4n) is 1.22. The molecule has 1 rings (SSSR count). The predicted molar refractivity (Wildman–Crippen MR) is 62.2 cm³/mol. The normalized spacial score (nSPS) is 10.0. The average Bonchev–Trinajstić information content (AvgIpc) is 2.19. The minimum atomic E-state index is 1.08. The lowest BCUT2D eigenvalue weighted by Crippen LogP contribution is -2.10. The van der Waals surface area contributed by atoms with Gasteiger partial charge in [0.25, 0.3) is 0 Å². The van der Waals surface area contributed by atoms with Crippen LogP contribution in [0.4, 0.5) is 5.69 Å². The second-order valence-corrected chi connectivity index (χ2v) is 3.98. The second-order valence-electron chi connectivity index (χ2n) is 3.13. The van der Waals surface area contributed by atoms with E-state index in [0.717, 1.165) is 6.54 Å². The van der Waals surface area contributed by atoms with Gasteiger partial charge in [0.05, 0.1) is 0 Å². The molecule has 0 amide bonds. The van der Waals surface area contributed by atoms with E-state index in [0.29, 0.717) is 0 Å². The van der Waals surface area contributed by atoms with E-state index in [4.69, 9.17) is 0 Å². The Balaban J connectivity index is 2.35. The summed E-state index contributed by atoms with van der Waals surface area (Å²) in [5, 5.41) is 0. The Morgan fingerprint density at radius 3 is 2.46 bits per heavy atom. The van der Waals surface area contributed by atoms with Crippen molar-refractivity contribution in [1.82, 2.24) is 0 Å². The van der Waals surface area contributed by atoms with Crippen LogP contribution in [0.1, 0.15) is 26.2 Å². The Kier molecular flexibility index (Phi) is 4.91. The summed E-state index contributed by atoms with van der Waals surface area (Å²) in [4.78, 5) is 0. The maximum absolute atomic E-state index is 3.55. The van der Waals surface area contributed by atoms with E-state index in [1.807, 2.05) is 6.07 Å². The van der Waals surface area contributed by atoms with Crippen LogP contribution in [-0.2, 0) is 0 Å². The zero-order valence-electron chi connectivity index (χ0n) is 8.04. The first-order valence-corrected chi connectivity index (χ1v) is 5.54. The molecule has 0 unspecified atom stereocenters. The summed E-state index contributed by atoms with van der Waals surface area (Å²) in [6.07, 6.45) is 3.82. The number of halogens is 1. The first-order chi connectivity index (χ1) is 6.34. The van der Waals surface area contributed by atoms with E-state index >= 15 is 0 Å². The van der Waals surface area contributed by atoms with Crippen molar-refractivity contribution in [3.8, 4) is 0 Å². The van der Waals surface area contributed by atoms with Crippen molar-refractivity contribution >= 4 is 21.8 Å². The van der Waals surface area contributed by atoms with Gasteiger partial charge in [-0.2, -0.15) is 0 Å². The summed E-state index contributed by atoms with van der Waals surface area (Å²) in [6.45, 7) is 3.30. The summed E-state index contributed by atoms with van der Waals surface area (Å²) in [6, 6.07) is 10.4. The van der Waals surface area contributed by atoms with Gasteiger partial charge in [-0.1, -0.05) is 38.0 Å². The molecular formula is C11H16BrN. The molecule has 1 aromatic rings. The summed E-state index contributed by atoms with van der Waals surface area (Å²) in [5.41, 5.74) is 1.23. The van der Waals surface area contributed by atoms with Crippen LogP contribution < -0.4 is 3.93 Å². The maximum atomic E-state index is 3.55. The van der Waals surface area contributed by atoms with E-state index in [1.165, 1.54) is 24.9 Å². The molecule has 0 N–H and O–H groups in total. The van der Waals surface area contributed by atoms with Gasteiger partial charge in [-0.15, -0.1) is 0 Å². The number of unbranched alkanes of at least 4 members (excludes halogenated alkanes) is 2. The molecule has 0 saturated heterocycles. The highest BCUT2D eigenvalue weighted by molar-refractivity contribution is 9.10. The van der Waals surface area contributed by atoms with Crippen molar-refractivity contribution in [3.05, 3.63) is 30.3 Å². The number of nitrogens with zero attached hydrogens (tertiary/aromatic N) is 1. The van der Waals surface area contributed by atoms with Crippen LogP contribution in [0.3, 0.4) is 0 Å². The molecule has 0 aliphatic heterocycles. The van der Waals surface area contributed by atoms with Gasteiger partial charge in [0.15, 0.2) is 0 Å². The van der Waals surface area contributed by atoms with Crippen molar-refractivity contribution in [2.24, 2.45) is 0 Å². The Morgan fingerprint density at radius 1 is 1.15 bits per heavy atom. The largest absolute Gasteiger partial charge is 0.309 e. The Bertz CT molecular complexity index is 223. The number of hydrogen-bond acceptors (Lipinski definition) is 1. The third-order valence-corrected chi connectivity index (χ3v) is 2.76. The minimum Gasteiger partial charge on any atom is -0.309 e. The van der Waals surface area contributed by atoms with Crippen molar-refractivity contribution in [3.63, 3.8) is 0 Å². The zero-order valence-corrected chi connectivity index (χ0v) is 9.63. The first-order valence-electron chi connectivity index (χ1n) is 4.83. The molecule has 0 bridgehead atoms. The van der Waals surface area contributed by atoms with Crippen molar-refractivity contribution in [1.29, 1.82) is 0 Å². The quantitative estimate of drug-likeness (QED) is 0.557. The fourth-order valence-corrected chi connectivity index (χ4v) is 1.71. The Morgan fingerprint density at radius 2 is 1.85 bits per heavy atom. The molecule has 0 radical (unpaired) electrons. The highest BCUT2D eigenvalue weighted by atomic mass is 79.9. The number of anilines is 1. The summed E-state index contributed by atoms with van der Waals surface area (Å²) in [7, 11) is 0. The molecule has 1 nitrogen and oxygen atoms in total. The van der Waals surface area contributed by atoms with Crippen LogP contribution in [0.2, 0.25) is 0 Å². The van der Waals surface area contributed by atoms with Gasteiger partial charge in [-0.25, -0.2) is 0 Å². The molecule has 1 aromatic carbocycles. The standard InChI is InChI=1S/C11H16BrN/c1-2-3-7-10-13(12)11-8-5-4-6-9-11/h4-6,8-9H,2-3,7,10H2,1H3. The highest BCUT2D eigenvalue weighted by Crippen LogP contribution is 2.17. The molecule has 0 aliphatic rings. The summed E-state index contributed by atoms with van der Waals surface area (Å²) >= 11 is 3.55. The van der Waals surface area contributed by atoms with Gasteiger partial charge in [0.2, 0.25) is 0 Å². The van der Waals surface area contributed by atoms with E-state index in [-0.39, 0.29) is 0 Å². The van der Waals surface area contributed by atoms with Crippen LogP contribution in [-0.4, -0.2) is 6.54 Å². The first kappa shape index (κ1) is 10.6. The van der Waals surface area contributed by atoms with Crippen LogP contribution in [0.5, 0.6) is 0 Å². The monoisotopic (exact) mass is 241 g/mol. The van der Waals surface area contributed by atoms with E-state index in [9.17, 15) is 0 Å². The van der Waals surface area contributed by atoms with Crippen LogP contribution in [0, 0.1) is 0 Å². The summed E-state index contributed by atoms with van der Waals surface area (Å²) in [5.74, 6) is 0. The lowest BCUT2D eigenvalue weighted by Gasteiger charge is -2.15. The van der Waals surface area contributed by atoms with E-state index in [2.05, 4.69) is 51.3 Å². The fraction of sp³-hybridized carbons (Fsp3) is 0.455. The molecule has 0 aromatic heterocycles. The van der Waals surface area contributed by atoms with Gasteiger partial charge in [0.1, 0.15) is 0 Å². The molecule has 13 heavy (non-hydrogen) atoms. The number of rotatable bonds is 5. The predicted octanol–water partition coefficient (Wildman–Crippen LogP) is 3.99. The third kappa shape index (κ3) is 3.81. The zero-order chi connectivity index (χ0) is 9.52. The molecule has 0 fully saturated rings. The molecule has 0 saturated carbocycles. The van der Waals surface area contributed by atoms with Gasteiger partial charge in [-0.3, -0.25) is 0 Å². The second kappa shape index (κ2) is 6.03. The molecular weight excluding hydrogens is 226 g/mol. The molecule has 0 atom stereocenters. The molecule has 72 valence electrons. The highest BCUT2D eigenvalue weighted by Gasteiger charge is 1.99. The van der Waals surface area contributed by atoms with Crippen LogP contribution in [0.15, 0.2) is 30.3 Å². The molecule has 0 heterocycles. The summed E-state index contributed by atoms with van der Waals surface area (Å²) < 4.78 is 2.13. The van der Waals surface area contributed by atoms with Crippen LogP contribution in [0.25, 0.3) is 0 Å². The molecule has 0 spiro atoms. The lowest BCUT2D eigenvalue weighted by molar-refractivity contribution is 0.731. The number of hydrogen-bond donors (Lipinski definition) is 0. The van der Waals surface area contributed by atoms with E-state index in [1.54, 1.807) is 0 Å².